The Morgan fingerprint density at radius 2 is 2.45 bits per heavy atom. The summed E-state index contributed by atoms with van der Waals surface area (Å²) in [5.41, 5.74) is 0. The van der Waals surface area contributed by atoms with Crippen LogP contribution in [0, 0.1) is 0 Å². The van der Waals surface area contributed by atoms with Gasteiger partial charge >= 0.3 is 0 Å². The average Bonchev–Trinajstić information content (AvgIpc) is 2.40. The third-order valence-corrected chi connectivity index (χ3v) is 2.22. The van der Waals surface area contributed by atoms with Crippen LogP contribution in [0.1, 0.15) is 12.8 Å². The first-order valence-electron chi connectivity index (χ1n) is 4.24. The molecule has 0 aliphatic carbocycles. The minimum atomic E-state index is 0.486. The zero-order valence-corrected chi connectivity index (χ0v) is 8.02. The van der Waals surface area contributed by atoms with Crippen LogP contribution in [0.2, 0.25) is 0 Å². The highest BCUT2D eigenvalue weighted by molar-refractivity contribution is 7.80. The summed E-state index contributed by atoms with van der Waals surface area (Å²) in [4.78, 5) is 2.28. The van der Waals surface area contributed by atoms with Gasteiger partial charge in [-0.2, -0.15) is 12.6 Å². The van der Waals surface area contributed by atoms with Crippen molar-refractivity contribution < 1.29 is 4.74 Å². The summed E-state index contributed by atoms with van der Waals surface area (Å²) >= 11 is 4.17. The Labute approximate surface area is 74.3 Å². The zero-order chi connectivity index (χ0) is 8.10. The minimum absolute atomic E-state index is 0.486. The first-order valence-corrected chi connectivity index (χ1v) is 4.87. The highest BCUT2D eigenvalue weighted by atomic mass is 32.1. The molecule has 0 radical (unpaired) electrons. The summed E-state index contributed by atoms with van der Waals surface area (Å²) in [6, 6.07) is 0. The van der Waals surface area contributed by atoms with E-state index in [4.69, 9.17) is 4.74 Å². The van der Waals surface area contributed by atoms with Crippen LogP contribution < -0.4 is 0 Å². The number of ether oxygens (including phenoxy) is 1. The Hall–Kier alpha value is 0.270. The maximum absolute atomic E-state index is 5.50. The van der Waals surface area contributed by atoms with Gasteiger partial charge in [-0.25, -0.2) is 0 Å². The molecule has 0 bridgehead atoms. The lowest BCUT2D eigenvalue weighted by Crippen LogP contribution is -2.30. The summed E-state index contributed by atoms with van der Waals surface area (Å²) in [5, 5.41) is 0. The molecule has 11 heavy (non-hydrogen) atoms. The van der Waals surface area contributed by atoms with Crippen molar-refractivity contribution in [2.24, 2.45) is 0 Å². The van der Waals surface area contributed by atoms with Crippen molar-refractivity contribution in [1.82, 2.24) is 4.90 Å². The molecule has 1 heterocycles. The molecule has 1 unspecified atom stereocenters. The lowest BCUT2D eigenvalue weighted by Gasteiger charge is -2.19. The Bertz CT molecular complexity index is 104. The van der Waals surface area contributed by atoms with Crippen LogP contribution >= 0.6 is 12.6 Å². The maximum Gasteiger partial charge on any atom is 0.0702 e. The quantitative estimate of drug-likeness (QED) is 0.641. The lowest BCUT2D eigenvalue weighted by atomic mass is 10.2. The van der Waals surface area contributed by atoms with E-state index >= 15 is 0 Å². The van der Waals surface area contributed by atoms with Crippen molar-refractivity contribution in [3.63, 3.8) is 0 Å². The van der Waals surface area contributed by atoms with Gasteiger partial charge in [0.15, 0.2) is 0 Å². The molecule has 1 rings (SSSR count). The van der Waals surface area contributed by atoms with E-state index in [-0.39, 0.29) is 0 Å². The van der Waals surface area contributed by atoms with Crippen molar-refractivity contribution >= 4 is 12.6 Å². The van der Waals surface area contributed by atoms with E-state index in [0.29, 0.717) is 6.10 Å². The Morgan fingerprint density at radius 3 is 3.00 bits per heavy atom. The summed E-state index contributed by atoms with van der Waals surface area (Å²) in [6.07, 6.45) is 2.95. The van der Waals surface area contributed by atoms with Crippen molar-refractivity contribution in [3.05, 3.63) is 0 Å². The molecule has 0 spiro atoms. The van der Waals surface area contributed by atoms with Crippen molar-refractivity contribution in [1.29, 1.82) is 0 Å². The van der Waals surface area contributed by atoms with Crippen LogP contribution in [-0.4, -0.2) is 43.5 Å². The van der Waals surface area contributed by atoms with Gasteiger partial charge in [-0.1, -0.05) is 0 Å². The highest BCUT2D eigenvalue weighted by Crippen LogP contribution is 2.12. The molecule has 3 heteroatoms. The molecule has 0 amide bonds. The highest BCUT2D eigenvalue weighted by Gasteiger charge is 2.16. The Balaban J connectivity index is 2.08. The molecule has 0 aromatic heterocycles. The molecule has 1 atom stereocenters. The maximum atomic E-state index is 5.50. The fraction of sp³-hybridized carbons (Fsp3) is 1.00. The summed E-state index contributed by atoms with van der Waals surface area (Å²) in [7, 11) is 2.12. The van der Waals surface area contributed by atoms with Crippen LogP contribution in [0.15, 0.2) is 0 Å². The van der Waals surface area contributed by atoms with E-state index in [0.717, 1.165) is 25.4 Å². The average molecular weight is 175 g/mol. The standard InChI is InChI=1S/C8H17NOS/c1-9(4-6-11)7-8-3-2-5-10-8/h8,11H,2-7H2,1H3. The topological polar surface area (TPSA) is 12.5 Å². The van der Waals surface area contributed by atoms with Crippen LogP contribution in [0.5, 0.6) is 0 Å². The molecule has 1 saturated heterocycles. The molecule has 0 saturated carbocycles. The molecule has 0 aromatic carbocycles. The van der Waals surface area contributed by atoms with E-state index in [9.17, 15) is 0 Å². The summed E-state index contributed by atoms with van der Waals surface area (Å²) in [6.45, 7) is 3.09. The van der Waals surface area contributed by atoms with Crippen molar-refractivity contribution in [2.45, 2.75) is 18.9 Å². The van der Waals surface area contributed by atoms with Gasteiger partial charge in [0.05, 0.1) is 6.10 Å². The van der Waals surface area contributed by atoms with E-state index in [2.05, 4.69) is 24.6 Å². The second-order valence-corrected chi connectivity index (χ2v) is 3.57. The van der Waals surface area contributed by atoms with Crippen LogP contribution in [-0.2, 0) is 4.74 Å². The third-order valence-electron chi connectivity index (χ3n) is 2.02. The van der Waals surface area contributed by atoms with Gasteiger partial charge in [0.1, 0.15) is 0 Å². The van der Waals surface area contributed by atoms with Gasteiger partial charge in [-0.15, -0.1) is 0 Å². The molecule has 1 fully saturated rings. The van der Waals surface area contributed by atoms with Gasteiger partial charge < -0.3 is 9.64 Å². The summed E-state index contributed by atoms with van der Waals surface area (Å²) < 4.78 is 5.50. The second-order valence-electron chi connectivity index (χ2n) is 3.12. The first-order chi connectivity index (χ1) is 5.33. The zero-order valence-electron chi connectivity index (χ0n) is 7.12. The monoisotopic (exact) mass is 175 g/mol. The SMILES string of the molecule is CN(CCS)CC1CCCO1. The first kappa shape index (κ1) is 9.36. The van der Waals surface area contributed by atoms with E-state index in [1.807, 2.05) is 0 Å². The molecule has 1 aliphatic rings. The Morgan fingerprint density at radius 1 is 1.64 bits per heavy atom. The summed E-state index contributed by atoms with van der Waals surface area (Å²) in [5.74, 6) is 0.934. The van der Waals surface area contributed by atoms with Gasteiger partial charge in [0.2, 0.25) is 0 Å². The van der Waals surface area contributed by atoms with Gasteiger partial charge in [-0.05, 0) is 19.9 Å². The molecular formula is C8H17NOS. The van der Waals surface area contributed by atoms with Crippen LogP contribution in [0.4, 0.5) is 0 Å². The second kappa shape index (κ2) is 5.01. The smallest absolute Gasteiger partial charge is 0.0702 e. The van der Waals surface area contributed by atoms with Crippen LogP contribution in [0.25, 0.3) is 0 Å². The van der Waals surface area contributed by atoms with E-state index in [1.54, 1.807) is 0 Å². The molecule has 0 N–H and O–H groups in total. The number of nitrogens with zero attached hydrogens (tertiary/aromatic N) is 1. The normalized spacial score (nSPS) is 24.8. The largest absolute Gasteiger partial charge is 0.377 e. The van der Waals surface area contributed by atoms with Crippen molar-refractivity contribution in [3.8, 4) is 0 Å². The van der Waals surface area contributed by atoms with E-state index < -0.39 is 0 Å². The number of likely N-dealkylation sites (N-methyl/N-ethyl adjacent to an activating group) is 1. The molecule has 1 aliphatic heterocycles. The molecule has 2 nitrogen and oxygen atoms in total. The number of thiol groups is 1. The lowest BCUT2D eigenvalue weighted by molar-refractivity contribution is 0.0830. The van der Waals surface area contributed by atoms with Crippen molar-refractivity contribution in [2.75, 3.05) is 32.5 Å². The molecule has 66 valence electrons. The van der Waals surface area contributed by atoms with Gasteiger partial charge in [0, 0.05) is 25.4 Å². The minimum Gasteiger partial charge on any atom is -0.377 e. The predicted molar refractivity (Wildman–Crippen MR) is 50.3 cm³/mol. The number of hydrogen-bond donors (Lipinski definition) is 1. The van der Waals surface area contributed by atoms with Crippen LogP contribution in [0.3, 0.4) is 0 Å². The fourth-order valence-electron chi connectivity index (χ4n) is 1.40. The number of rotatable bonds is 4. The Kier molecular flexibility index (Phi) is 4.26. The third kappa shape index (κ3) is 3.45. The van der Waals surface area contributed by atoms with Gasteiger partial charge in [0.25, 0.3) is 0 Å². The predicted octanol–water partition coefficient (Wildman–Crippen LogP) is 1.03. The fourth-order valence-corrected chi connectivity index (χ4v) is 1.74. The number of hydrogen-bond acceptors (Lipinski definition) is 3. The molecule has 0 aromatic rings. The van der Waals surface area contributed by atoms with E-state index in [1.165, 1.54) is 12.8 Å². The van der Waals surface area contributed by atoms with Gasteiger partial charge in [-0.3, -0.25) is 0 Å². The molecular weight excluding hydrogens is 158 g/mol.